The second-order valence-corrected chi connectivity index (χ2v) is 8.49. The molecule has 0 amide bonds. The number of nitrogens with zero attached hydrogens (tertiary/aromatic N) is 2. The minimum atomic E-state index is -0.355. The zero-order valence-electron chi connectivity index (χ0n) is 15.2. The summed E-state index contributed by atoms with van der Waals surface area (Å²) < 4.78 is 0. The summed E-state index contributed by atoms with van der Waals surface area (Å²) in [6.45, 7) is 0. The number of hydrogen-bond donors (Lipinski definition) is 2. The minimum Gasteiger partial charge on any atom is -0.355 e. The number of anilines is 2. The summed E-state index contributed by atoms with van der Waals surface area (Å²) in [7, 11) is 4.29. The Balaban J connectivity index is 1.56. The fourth-order valence-corrected chi connectivity index (χ4v) is 6.28. The molecule has 4 N–H and O–H groups in total. The van der Waals surface area contributed by atoms with Gasteiger partial charge < -0.3 is 21.3 Å². The minimum absolute atomic E-state index is 0.255. The molecule has 2 aromatic rings. The third-order valence-electron chi connectivity index (χ3n) is 7.52. The fraction of sp³-hybridized carbons (Fsp3) is 0.364. The molecular formula is C22H24N4. The molecule has 0 radical (unpaired) electrons. The summed E-state index contributed by atoms with van der Waals surface area (Å²) in [5, 5.41) is 0. The van der Waals surface area contributed by atoms with E-state index in [1.54, 1.807) is 0 Å². The van der Waals surface area contributed by atoms with Crippen LogP contribution >= 0.6 is 0 Å². The summed E-state index contributed by atoms with van der Waals surface area (Å²) in [6.07, 6.45) is 1.79. The maximum atomic E-state index is 7.06. The van der Waals surface area contributed by atoms with Crippen molar-refractivity contribution in [2.24, 2.45) is 11.5 Å². The van der Waals surface area contributed by atoms with Crippen molar-refractivity contribution in [3.05, 3.63) is 70.8 Å². The molecule has 0 spiro atoms. The number of fused-ring (bicyclic) bond motifs is 8. The lowest BCUT2D eigenvalue weighted by Gasteiger charge is -2.40. The van der Waals surface area contributed by atoms with Crippen LogP contribution in [0.1, 0.15) is 35.8 Å². The molecular weight excluding hydrogens is 320 g/mol. The Morgan fingerprint density at radius 1 is 0.731 bits per heavy atom. The first-order valence-electron chi connectivity index (χ1n) is 9.42. The summed E-state index contributed by atoms with van der Waals surface area (Å²) in [5.41, 5.74) is 21.6. The van der Waals surface area contributed by atoms with Gasteiger partial charge in [-0.05, 0) is 23.3 Å². The van der Waals surface area contributed by atoms with Crippen LogP contribution in [-0.2, 0) is 0 Å². The Morgan fingerprint density at radius 3 is 1.54 bits per heavy atom. The summed E-state index contributed by atoms with van der Waals surface area (Å²) in [4.78, 5) is 4.60. The van der Waals surface area contributed by atoms with E-state index in [0.29, 0.717) is 0 Å². The molecule has 0 saturated carbocycles. The highest BCUT2D eigenvalue weighted by Gasteiger charge is 2.63. The van der Waals surface area contributed by atoms with Crippen LogP contribution in [0.5, 0.6) is 0 Å². The molecule has 2 heterocycles. The van der Waals surface area contributed by atoms with Crippen molar-refractivity contribution < 1.29 is 0 Å². The van der Waals surface area contributed by atoms with Crippen molar-refractivity contribution in [3.8, 4) is 0 Å². The van der Waals surface area contributed by atoms with Gasteiger partial charge in [0.15, 0.2) is 0 Å². The molecule has 26 heavy (non-hydrogen) atoms. The Morgan fingerprint density at radius 2 is 1.12 bits per heavy atom. The van der Waals surface area contributed by atoms with Crippen molar-refractivity contribution in [2.75, 3.05) is 23.9 Å². The third kappa shape index (κ3) is 1.39. The van der Waals surface area contributed by atoms with Crippen LogP contribution in [0.25, 0.3) is 0 Å². The Bertz CT molecular complexity index is 916. The topological polar surface area (TPSA) is 58.5 Å². The van der Waals surface area contributed by atoms with Gasteiger partial charge in [0.05, 0.1) is 0 Å². The first kappa shape index (κ1) is 14.8. The average Bonchev–Trinajstić information content (AvgIpc) is 3.22. The van der Waals surface area contributed by atoms with Crippen LogP contribution in [0.4, 0.5) is 11.4 Å². The van der Waals surface area contributed by atoms with Crippen LogP contribution in [0.2, 0.25) is 0 Å². The van der Waals surface area contributed by atoms with Gasteiger partial charge >= 0.3 is 0 Å². The SMILES string of the molecule is CN1c2ccccc2C2C3=C(CC21N)C1c2ccccc2N(C)C1(N)C3. The van der Waals surface area contributed by atoms with E-state index in [1.165, 1.54) is 33.6 Å². The van der Waals surface area contributed by atoms with Gasteiger partial charge in [-0.3, -0.25) is 0 Å². The highest BCUT2D eigenvalue weighted by molar-refractivity contribution is 5.74. The van der Waals surface area contributed by atoms with Gasteiger partial charge in [-0.15, -0.1) is 0 Å². The van der Waals surface area contributed by atoms with Crippen LogP contribution in [-0.4, -0.2) is 25.4 Å². The third-order valence-corrected chi connectivity index (χ3v) is 7.52. The van der Waals surface area contributed by atoms with Gasteiger partial charge in [0, 0.05) is 50.1 Å². The van der Waals surface area contributed by atoms with Gasteiger partial charge in [-0.1, -0.05) is 47.5 Å². The van der Waals surface area contributed by atoms with E-state index >= 15 is 0 Å². The van der Waals surface area contributed by atoms with Gasteiger partial charge in [-0.25, -0.2) is 0 Å². The second-order valence-electron chi connectivity index (χ2n) is 8.49. The molecule has 2 aliphatic carbocycles. The molecule has 6 rings (SSSR count). The molecule has 0 saturated heterocycles. The largest absolute Gasteiger partial charge is 0.355 e. The first-order chi connectivity index (χ1) is 12.5. The normalized spacial score (nSPS) is 36.2. The number of benzene rings is 2. The first-order valence-corrected chi connectivity index (χ1v) is 9.42. The lowest BCUT2D eigenvalue weighted by Crippen LogP contribution is -2.57. The van der Waals surface area contributed by atoms with E-state index in [-0.39, 0.29) is 23.2 Å². The zero-order chi connectivity index (χ0) is 17.8. The predicted octanol–water partition coefficient (Wildman–Crippen LogP) is 2.87. The standard InChI is InChI=1S/C22H24N4/c1-25-17-9-5-3-7-13(17)19-16-12-22(24)20(15(16)11-21(19,25)23)14-8-4-6-10-18(14)26(22)2/h3-10,19-20H,11-12,23-24H2,1-2H3. The van der Waals surface area contributed by atoms with Gasteiger partial charge in [0.25, 0.3) is 0 Å². The van der Waals surface area contributed by atoms with E-state index in [1.807, 2.05) is 0 Å². The van der Waals surface area contributed by atoms with Crippen molar-refractivity contribution in [1.29, 1.82) is 0 Å². The highest BCUT2D eigenvalue weighted by atomic mass is 15.3. The van der Waals surface area contributed by atoms with E-state index in [9.17, 15) is 0 Å². The molecule has 4 nitrogen and oxygen atoms in total. The molecule has 0 bridgehead atoms. The van der Waals surface area contributed by atoms with Crippen LogP contribution in [0.15, 0.2) is 59.7 Å². The van der Waals surface area contributed by atoms with Gasteiger partial charge in [0.1, 0.15) is 11.3 Å². The quantitative estimate of drug-likeness (QED) is 0.722. The Hall–Kier alpha value is -2.30. The van der Waals surface area contributed by atoms with E-state index in [4.69, 9.17) is 11.5 Å². The molecule has 4 atom stereocenters. The fourth-order valence-electron chi connectivity index (χ4n) is 6.28. The van der Waals surface area contributed by atoms with Crippen molar-refractivity contribution in [1.82, 2.24) is 0 Å². The zero-order valence-corrected chi connectivity index (χ0v) is 15.2. The van der Waals surface area contributed by atoms with Gasteiger partial charge in [0.2, 0.25) is 0 Å². The van der Waals surface area contributed by atoms with Gasteiger partial charge in [-0.2, -0.15) is 0 Å². The maximum Gasteiger partial charge on any atom is 0.103 e. The van der Waals surface area contributed by atoms with Crippen LogP contribution in [0, 0.1) is 0 Å². The predicted molar refractivity (Wildman–Crippen MR) is 105 cm³/mol. The van der Waals surface area contributed by atoms with E-state index in [2.05, 4.69) is 72.4 Å². The number of nitrogens with two attached hydrogens (primary N) is 2. The lowest BCUT2D eigenvalue weighted by atomic mass is 9.81. The molecule has 0 fully saturated rings. The summed E-state index contributed by atoms with van der Waals surface area (Å²) >= 11 is 0. The number of likely N-dealkylation sites (N-methyl/N-ethyl adjacent to an activating group) is 2. The Labute approximate surface area is 154 Å². The Kier molecular flexibility index (Phi) is 2.47. The van der Waals surface area contributed by atoms with E-state index in [0.717, 1.165) is 12.8 Å². The monoisotopic (exact) mass is 344 g/mol. The maximum absolute atomic E-state index is 7.06. The molecule has 2 aliphatic heterocycles. The van der Waals surface area contributed by atoms with Crippen molar-refractivity contribution in [3.63, 3.8) is 0 Å². The summed E-state index contributed by atoms with van der Waals surface area (Å²) in [5.74, 6) is 0.510. The van der Waals surface area contributed by atoms with Crippen LogP contribution < -0.4 is 21.3 Å². The molecule has 0 aromatic heterocycles. The van der Waals surface area contributed by atoms with Crippen molar-refractivity contribution >= 4 is 11.4 Å². The lowest BCUT2D eigenvalue weighted by molar-refractivity contribution is 0.353. The summed E-state index contributed by atoms with van der Waals surface area (Å²) in [6, 6.07) is 17.3. The average molecular weight is 344 g/mol. The number of hydrogen-bond acceptors (Lipinski definition) is 4. The van der Waals surface area contributed by atoms with E-state index < -0.39 is 0 Å². The molecule has 4 heteroatoms. The molecule has 2 aromatic carbocycles. The highest BCUT2D eigenvalue weighted by Crippen LogP contribution is 2.66. The molecule has 4 unspecified atom stereocenters. The smallest absolute Gasteiger partial charge is 0.103 e. The van der Waals surface area contributed by atoms with Crippen LogP contribution in [0.3, 0.4) is 0 Å². The second kappa shape index (κ2) is 4.33. The number of para-hydroxylation sites is 2. The molecule has 4 aliphatic rings. The van der Waals surface area contributed by atoms with Crippen molar-refractivity contribution in [2.45, 2.75) is 36.0 Å². The number of rotatable bonds is 0. The molecule has 132 valence electrons.